The van der Waals surface area contributed by atoms with Gasteiger partial charge in [-0.05, 0) is 43.5 Å². The number of rotatable bonds is 4. The third-order valence-corrected chi connectivity index (χ3v) is 3.79. The van der Waals surface area contributed by atoms with Crippen LogP contribution < -0.4 is 5.32 Å². The van der Waals surface area contributed by atoms with E-state index >= 15 is 0 Å². The second kappa shape index (κ2) is 6.52. The van der Waals surface area contributed by atoms with Crippen LogP contribution in [0.3, 0.4) is 0 Å². The minimum atomic E-state index is -0.507. The van der Waals surface area contributed by atoms with Gasteiger partial charge in [0.2, 0.25) is 11.8 Å². The Morgan fingerprint density at radius 2 is 2.14 bits per heavy atom. The fourth-order valence-electron chi connectivity index (χ4n) is 2.57. The quantitative estimate of drug-likeness (QED) is 0.864. The summed E-state index contributed by atoms with van der Waals surface area (Å²) < 4.78 is 13.0. The summed E-state index contributed by atoms with van der Waals surface area (Å²) in [7, 11) is 0. The third-order valence-electron chi connectivity index (χ3n) is 3.79. The van der Waals surface area contributed by atoms with E-state index in [1.807, 2.05) is 6.92 Å². The predicted molar refractivity (Wildman–Crippen MR) is 77.9 cm³/mol. The van der Waals surface area contributed by atoms with E-state index in [0.717, 1.165) is 18.1 Å². The van der Waals surface area contributed by atoms with Gasteiger partial charge in [-0.15, -0.1) is 0 Å². The molecule has 1 aliphatic rings. The Bertz CT molecular complexity index is 542. The number of nitrogens with one attached hydrogen (secondary N) is 1. The lowest BCUT2D eigenvalue weighted by atomic mass is 9.99. The fourth-order valence-corrected chi connectivity index (χ4v) is 2.57. The van der Waals surface area contributed by atoms with E-state index in [9.17, 15) is 14.0 Å². The highest BCUT2D eigenvalue weighted by molar-refractivity contribution is 5.92. The molecule has 0 bridgehead atoms. The zero-order valence-corrected chi connectivity index (χ0v) is 12.0. The average Bonchev–Trinajstić information content (AvgIpc) is 2.49. The van der Waals surface area contributed by atoms with Gasteiger partial charge in [0.05, 0.1) is 6.04 Å². The van der Waals surface area contributed by atoms with Crippen molar-refractivity contribution in [3.63, 3.8) is 0 Å². The molecule has 2 unspecified atom stereocenters. The van der Waals surface area contributed by atoms with Gasteiger partial charge in [0, 0.05) is 6.54 Å². The molecular formula is C16H19FN2O2. The molecule has 1 N–H and O–H groups in total. The Labute approximate surface area is 123 Å². The number of hydrogen-bond acceptors (Lipinski definition) is 2. The van der Waals surface area contributed by atoms with E-state index in [2.05, 4.69) is 11.9 Å². The summed E-state index contributed by atoms with van der Waals surface area (Å²) in [6.45, 7) is 5.93. The lowest BCUT2D eigenvalue weighted by Gasteiger charge is -2.36. The highest BCUT2D eigenvalue weighted by Crippen LogP contribution is 2.25. The van der Waals surface area contributed by atoms with Gasteiger partial charge in [0.25, 0.3) is 0 Å². The van der Waals surface area contributed by atoms with E-state index in [1.54, 1.807) is 17.0 Å². The van der Waals surface area contributed by atoms with Crippen molar-refractivity contribution in [3.8, 4) is 0 Å². The molecule has 0 spiro atoms. The lowest BCUT2D eigenvalue weighted by molar-refractivity contribution is -0.140. The van der Waals surface area contributed by atoms with Crippen LogP contribution in [-0.2, 0) is 9.59 Å². The molecular weight excluding hydrogens is 271 g/mol. The van der Waals surface area contributed by atoms with E-state index in [4.69, 9.17) is 0 Å². The number of nitrogens with zero attached hydrogens (tertiary/aromatic N) is 1. The molecule has 1 heterocycles. The van der Waals surface area contributed by atoms with Crippen molar-refractivity contribution < 1.29 is 14.0 Å². The number of benzene rings is 1. The topological polar surface area (TPSA) is 49.4 Å². The number of likely N-dealkylation sites (tertiary alicyclic amines) is 1. The zero-order chi connectivity index (χ0) is 15.4. The second-order valence-corrected chi connectivity index (χ2v) is 5.17. The van der Waals surface area contributed by atoms with Gasteiger partial charge in [-0.1, -0.05) is 18.7 Å². The Morgan fingerprint density at radius 3 is 2.76 bits per heavy atom. The molecule has 0 aromatic heterocycles. The molecule has 0 saturated carbocycles. The maximum absolute atomic E-state index is 13.0. The van der Waals surface area contributed by atoms with Gasteiger partial charge in [-0.3, -0.25) is 9.59 Å². The Kier molecular flexibility index (Phi) is 4.73. The Hall–Kier alpha value is -2.17. The molecule has 2 atom stereocenters. The van der Waals surface area contributed by atoms with Crippen LogP contribution in [0.5, 0.6) is 0 Å². The number of hydrogen-bond donors (Lipinski definition) is 1. The first-order valence-electron chi connectivity index (χ1n) is 7.02. The van der Waals surface area contributed by atoms with Crippen LogP contribution in [0.15, 0.2) is 36.9 Å². The van der Waals surface area contributed by atoms with Crippen LogP contribution in [0, 0.1) is 5.82 Å². The van der Waals surface area contributed by atoms with Crippen LogP contribution in [0.25, 0.3) is 0 Å². The molecule has 4 nitrogen and oxygen atoms in total. The standard InChI is InChI=1S/C16H19FN2O2/c1-3-15(20)18-14-5-4-10-19(16(14)21)11(2)12-6-8-13(17)9-7-12/h3,6-9,11,14H,1,4-5,10H2,2H3,(H,18,20). The molecule has 1 aromatic rings. The Balaban J connectivity index is 2.11. The number of halogens is 1. The number of piperidine rings is 1. The SMILES string of the molecule is C=CC(=O)NC1CCCN(C(C)c2ccc(F)cc2)C1=O. The van der Waals surface area contributed by atoms with Crippen LogP contribution in [0.2, 0.25) is 0 Å². The van der Waals surface area contributed by atoms with Gasteiger partial charge in [0.1, 0.15) is 11.9 Å². The molecule has 1 fully saturated rings. The molecule has 0 aliphatic carbocycles. The van der Waals surface area contributed by atoms with Crippen molar-refractivity contribution in [3.05, 3.63) is 48.3 Å². The summed E-state index contributed by atoms with van der Waals surface area (Å²) in [5, 5.41) is 2.66. The van der Waals surface area contributed by atoms with E-state index in [1.165, 1.54) is 12.1 Å². The highest BCUT2D eigenvalue weighted by Gasteiger charge is 2.32. The molecule has 5 heteroatoms. The molecule has 2 amide bonds. The van der Waals surface area contributed by atoms with Gasteiger partial charge >= 0.3 is 0 Å². The summed E-state index contributed by atoms with van der Waals surface area (Å²) in [5.41, 5.74) is 0.875. The minimum Gasteiger partial charge on any atom is -0.341 e. The Morgan fingerprint density at radius 1 is 1.48 bits per heavy atom. The monoisotopic (exact) mass is 290 g/mol. The maximum Gasteiger partial charge on any atom is 0.245 e. The van der Waals surface area contributed by atoms with Crippen molar-refractivity contribution in [1.82, 2.24) is 10.2 Å². The maximum atomic E-state index is 13.0. The summed E-state index contributed by atoms with van der Waals surface area (Å²) in [6.07, 6.45) is 2.61. The van der Waals surface area contributed by atoms with Gasteiger partial charge < -0.3 is 10.2 Å². The summed E-state index contributed by atoms with van der Waals surface area (Å²) in [5.74, 6) is -0.745. The summed E-state index contributed by atoms with van der Waals surface area (Å²) in [4.78, 5) is 25.6. The van der Waals surface area contributed by atoms with Crippen LogP contribution in [-0.4, -0.2) is 29.3 Å². The lowest BCUT2D eigenvalue weighted by Crippen LogP contribution is -2.52. The summed E-state index contributed by atoms with van der Waals surface area (Å²) >= 11 is 0. The van der Waals surface area contributed by atoms with Crippen molar-refractivity contribution in [1.29, 1.82) is 0 Å². The fraction of sp³-hybridized carbons (Fsp3) is 0.375. The normalized spacial score (nSPS) is 20.0. The largest absolute Gasteiger partial charge is 0.341 e. The van der Waals surface area contributed by atoms with E-state index in [-0.39, 0.29) is 23.7 Å². The average molecular weight is 290 g/mol. The first kappa shape index (κ1) is 15.2. The van der Waals surface area contributed by atoms with E-state index in [0.29, 0.717) is 13.0 Å². The van der Waals surface area contributed by atoms with Gasteiger partial charge in [-0.25, -0.2) is 4.39 Å². The van der Waals surface area contributed by atoms with Gasteiger partial charge in [0.15, 0.2) is 0 Å². The third kappa shape index (κ3) is 3.48. The smallest absolute Gasteiger partial charge is 0.245 e. The zero-order valence-electron chi connectivity index (χ0n) is 12.0. The van der Waals surface area contributed by atoms with Crippen molar-refractivity contribution in [2.75, 3.05) is 6.54 Å². The predicted octanol–water partition coefficient (Wildman–Crippen LogP) is 2.18. The van der Waals surface area contributed by atoms with Crippen molar-refractivity contribution in [2.45, 2.75) is 31.8 Å². The molecule has 112 valence electrons. The van der Waals surface area contributed by atoms with Crippen LogP contribution in [0.4, 0.5) is 4.39 Å². The van der Waals surface area contributed by atoms with Crippen molar-refractivity contribution in [2.24, 2.45) is 0 Å². The molecule has 0 radical (unpaired) electrons. The second-order valence-electron chi connectivity index (χ2n) is 5.17. The number of carbonyl (C=O) groups excluding carboxylic acids is 2. The number of amides is 2. The first-order valence-corrected chi connectivity index (χ1v) is 7.02. The summed E-state index contributed by atoms with van der Waals surface area (Å²) in [6, 6.07) is 5.47. The van der Waals surface area contributed by atoms with Crippen molar-refractivity contribution >= 4 is 11.8 Å². The van der Waals surface area contributed by atoms with Gasteiger partial charge in [-0.2, -0.15) is 0 Å². The van der Waals surface area contributed by atoms with Crippen LogP contribution in [0.1, 0.15) is 31.4 Å². The first-order chi connectivity index (χ1) is 10.0. The number of carbonyl (C=O) groups is 2. The molecule has 1 saturated heterocycles. The molecule has 21 heavy (non-hydrogen) atoms. The molecule has 2 rings (SSSR count). The minimum absolute atomic E-state index is 0.103. The van der Waals surface area contributed by atoms with E-state index < -0.39 is 6.04 Å². The molecule has 1 aromatic carbocycles. The molecule has 1 aliphatic heterocycles. The highest BCUT2D eigenvalue weighted by atomic mass is 19.1. The van der Waals surface area contributed by atoms with Crippen LogP contribution >= 0.6 is 0 Å².